The van der Waals surface area contributed by atoms with Crippen molar-refractivity contribution in [3.05, 3.63) is 0 Å². The second-order valence-corrected chi connectivity index (χ2v) is 18.4. The standard InChI is InChI=1S/C50H95N3O9/c1-4-6-8-10-12-14-16-18-20-22-24-26-28-30-32-34-39-53(44(56)37-33-31-29-27-25-23-21-19-17-15-13-11-9-7-5-2)50-46(48(60)47(59)42(40-54)62-50)52-49(61)41(3)51-43(55)36-35-38-45(57)58/h41-42,46-48,50,54,59-60H,4-40H2,1-3H3,(H,51,55)(H,52,61)(H,57,58)/t41-,42+,46+,47+,48+,50+/m0/s1. The maximum atomic E-state index is 14.0. The van der Waals surface area contributed by atoms with Crippen LogP contribution in [-0.4, -0.2) is 98.8 Å². The number of hydrogen-bond acceptors (Lipinski definition) is 8. The highest BCUT2D eigenvalue weighted by molar-refractivity contribution is 5.87. The summed E-state index contributed by atoms with van der Waals surface area (Å²) in [7, 11) is 0. The zero-order valence-electron chi connectivity index (χ0n) is 39.9. The summed E-state index contributed by atoms with van der Waals surface area (Å²) in [5, 5.41) is 46.4. The molecule has 1 aliphatic heterocycles. The number of rotatable bonds is 42. The molecule has 364 valence electrons. The van der Waals surface area contributed by atoms with Gasteiger partial charge < -0.3 is 40.7 Å². The van der Waals surface area contributed by atoms with Crippen molar-refractivity contribution in [2.75, 3.05) is 13.2 Å². The molecule has 12 nitrogen and oxygen atoms in total. The molecule has 6 N–H and O–H groups in total. The number of carboxylic acid groups (broad SMARTS) is 1. The van der Waals surface area contributed by atoms with Crippen molar-refractivity contribution < 1.29 is 44.3 Å². The molecule has 3 amide bonds. The fraction of sp³-hybridized carbons (Fsp3) is 0.920. The first-order chi connectivity index (χ1) is 30.1. The highest BCUT2D eigenvalue weighted by atomic mass is 16.5. The van der Waals surface area contributed by atoms with Crippen LogP contribution < -0.4 is 10.6 Å². The molecule has 6 atom stereocenters. The largest absolute Gasteiger partial charge is 0.481 e. The molecule has 0 saturated carbocycles. The van der Waals surface area contributed by atoms with Crippen LogP contribution in [0.2, 0.25) is 0 Å². The van der Waals surface area contributed by atoms with Crippen LogP contribution in [0.3, 0.4) is 0 Å². The summed E-state index contributed by atoms with van der Waals surface area (Å²) in [6.45, 7) is 5.73. The van der Waals surface area contributed by atoms with Gasteiger partial charge in [0.25, 0.3) is 0 Å². The third-order valence-electron chi connectivity index (χ3n) is 12.6. The topological polar surface area (TPSA) is 186 Å². The summed E-state index contributed by atoms with van der Waals surface area (Å²) >= 11 is 0. The number of nitrogens with one attached hydrogen (secondary N) is 2. The maximum Gasteiger partial charge on any atom is 0.303 e. The van der Waals surface area contributed by atoms with E-state index in [-0.39, 0.29) is 31.6 Å². The van der Waals surface area contributed by atoms with Crippen LogP contribution in [0.25, 0.3) is 0 Å². The summed E-state index contributed by atoms with van der Waals surface area (Å²) in [5.74, 6) is -2.32. The van der Waals surface area contributed by atoms with E-state index in [1.165, 1.54) is 155 Å². The number of aliphatic hydroxyl groups excluding tert-OH is 3. The summed E-state index contributed by atoms with van der Waals surface area (Å²) in [6.07, 6.45) is 32.6. The molecule has 0 aliphatic carbocycles. The van der Waals surface area contributed by atoms with E-state index in [9.17, 15) is 34.5 Å². The number of carbonyl (C=O) groups is 4. The first-order valence-corrected chi connectivity index (χ1v) is 25.8. The normalized spacial score (nSPS) is 19.3. The Morgan fingerprint density at radius 1 is 0.548 bits per heavy atom. The minimum Gasteiger partial charge on any atom is -0.481 e. The molecule has 0 spiro atoms. The quantitative estimate of drug-likeness (QED) is 0.0325. The molecule has 0 radical (unpaired) electrons. The molecule has 62 heavy (non-hydrogen) atoms. The van der Waals surface area contributed by atoms with Gasteiger partial charge in [0.15, 0.2) is 6.23 Å². The second kappa shape index (κ2) is 39.1. The predicted molar refractivity (Wildman–Crippen MR) is 250 cm³/mol. The van der Waals surface area contributed by atoms with Gasteiger partial charge in [0, 0.05) is 25.8 Å². The van der Waals surface area contributed by atoms with Crippen molar-refractivity contribution in [2.45, 2.75) is 282 Å². The van der Waals surface area contributed by atoms with E-state index in [0.717, 1.165) is 38.5 Å². The summed E-state index contributed by atoms with van der Waals surface area (Å²) < 4.78 is 6.15. The highest BCUT2D eigenvalue weighted by Crippen LogP contribution is 2.26. The number of ether oxygens (including phenoxy) is 1. The van der Waals surface area contributed by atoms with Crippen molar-refractivity contribution in [3.8, 4) is 0 Å². The van der Waals surface area contributed by atoms with E-state index in [2.05, 4.69) is 24.5 Å². The number of unbranched alkanes of at least 4 members (excludes halogenated alkanes) is 29. The maximum absolute atomic E-state index is 14.0. The van der Waals surface area contributed by atoms with E-state index in [4.69, 9.17) is 9.84 Å². The van der Waals surface area contributed by atoms with E-state index >= 15 is 0 Å². The lowest BCUT2D eigenvalue weighted by atomic mass is 9.94. The Labute approximate surface area is 377 Å². The van der Waals surface area contributed by atoms with Crippen LogP contribution in [0.15, 0.2) is 0 Å². The van der Waals surface area contributed by atoms with Gasteiger partial charge in [-0.1, -0.05) is 200 Å². The van der Waals surface area contributed by atoms with Crippen LogP contribution in [0.1, 0.15) is 245 Å². The SMILES string of the molecule is CCCCCCCCCCCCCCCCCCN(C(=O)CCCCCCCCCCCCCCCCC)[C@@H]1O[C@H](CO)[C@@H](O)[C@H](O)[C@H]1NC(=O)[C@H](C)NC(=O)CCCC(=O)O. The van der Waals surface area contributed by atoms with Crippen molar-refractivity contribution in [2.24, 2.45) is 0 Å². The minimum absolute atomic E-state index is 0.0699. The minimum atomic E-state index is -1.56. The third kappa shape index (κ3) is 28.5. The summed E-state index contributed by atoms with van der Waals surface area (Å²) in [4.78, 5) is 52.3. The number of aliphatic hydroxyl groups is 3. The lowest BCUT2D eigenvalue weighted by Crippen LogP contribution is -2.69. The zero-order valence-corrected chi connectivity index (χ0v) is 39.9. The van der Waals surface area contributed by atoms with Crippen LogP contribution in [0.5, 0.6) is 0 Å². The monoisotopic (exact) mass is 882 g/mol. The van der Waals surface area contributed by atoms with Gasteiger partial charge >= 0.3 is 5.97 Å². The molecule has 1 heterocycles. The first-order valence-electron chi connectivity index (χ1n) is 25.8. The first kappa shape index (κ1) is 57.7. The molecule has 1 aliphatic rings. The van der Waals surface area contributed by atoms with Crippen LogP contribution >= 0.6 is 0 Å². The highest BCUT2D eigenvalue weighted by Gasteiger charge is 2.48. The number of carbonyl (C=O) groups excluding carboxylic acids is 3. The Kier molecular flexibility index (Phi) is 36.4. The van der Waals surface area contributed by atoms with Gasteiger partial charge in [-0.3, -0.25) is 19.2 Å². The summed E-state index contributed by atoms with van der Waals surface area (Å²) in [5.41, 5.74) is 0. The molecule has 0 aromatic rings. The number of aliphatic carboxylic acids is 1. The second-order valence-electron chi connectivity index (χ2n) is 18.4. The van der Waals surface area contributed by atoms with Gasteiger partial charge in [-0.25, -0.2) is 0 Å². The van der Waals surface area contributed by atoms with Gasteiger partial charge in [-0.2, -0.15) is 0 Å². The Hall–Kier alpha value is -2.28. The van der Waals surface area contributed by atoms with Crippen molar-refractivity contribution in [1.29, 1.82) is 0 Å². The number of carboxylic acids is 1. The van der Waals surface area contributed by atoms with Crippen molar-refractivity contribution in [3.63, 3.8) is 0 Å². The van der Waals surface area contributed by atoms with Gasteiger partial charge in [0.2, 0.25) is 17.7 Å². The van der Waals surface area contributed by atoms with Crippen molar-refractivity contribution >= 4 is 23.7 Å². The van der Waals surface area contributed by atoms with Crippen molar-refractivity contribution in [1.82, 2.24) is 15.5 Å². The predicted octanol–water partition coefficient (Wildman–Crippen LogP) is 10.0. The Balaban J connectivity index is 2.75. The average molecular weight is 882 g/mol. The average Bonchev–Trinajstić information content (AvgIpc) is 3.25. The molecule has 0 unspecified atom stereocenters. The van der Waals surface area contributed by atoms with E-state index in [1.54, 1.807) is 4.90 Å². The smallest absolute Gasteiger partial charge is 0.303 e. The zero-order chi connectivity index (χ0) is 45.6. The third-order valence-corrected chi connectivity index (χ3v) is 12.6. The molecule has 0 aromatic heterocycles. The van der Waals surface area contributed by atoms with Gasteiger partial charge in [-0.15, -0.1) is 0 Å². The molecule has 0 bridgehead atoms. The Morgan fingerprint density at radius 3 is 1.35 bits per heavy atom. The Bertz CT molecular complexity index is 1130. The fourth-order valence-corrected chi connectivity index (χ4v) is 8.60. The molecular weight excluding hydrogens is 787 g/mol. The van der Waals surface area contributed by atoms with Gasteiger partial charge in [0.1, 0.15) is 30.4 Å². The Morgan fingerprint density at radius 2 is 0.952 bits per heavy atom. The number of nitrogens with zero attached hydrogens (tertiary/aromatic N) is 1. The van der Waals surface area contributed by atoms with E-state index in [0.29, 0.717) is 19.4 Å². The molecule has 1 saturated heterocycles. The van der Waals surface area contributed by atoms with Crippen LogP contribution in [0.4, 0.5) is 0 Å². The van der Waals surface area contributed by atoms with E-state index in [1.807, 2.05) is 0 Å². The van der Waals surface area contributed by atoms with Crippen LogP contribution in [0, 0.1) is 0 Å². The van der Waals surface area contributed by atoms with Gasteiger partial charge in [-0.05, 0) is 26.2 Å². The van der Waals surface area contributed by atoms with Crippen LogP contribution in [-0.2, 0) is 23.9 Å². The lowest BCUT2D eigenvalue weighted by Gasteiger charge is -2.47. The molecule has 12 heteroatoms. The molecule has 1 rings (SSSR count). The molecular formula is C50H95N3O9. The number of hydrogen-bond donors (Lipinski definition) is 6. The summed E-state index contributed by atoms with van der Waals surface area (Å²) in [6, 6.07) is -2.27. The fourth-order valence-electron chi connectivity index (χ4n) is 8.60. The molecule has 1 fully saturated rings. The van der Waals surface area contributed by atoms with Gasteiger partial charge in [0.05, 0.1) is 6.61 Å². The number of amides is 3. The van der Waals surface area contributed by atoms with E-state index < -0.39 is 61.0 Å². The molecule has 0 aromatic carbocycles. The lowest BCUT2D eigenvalue weighted by molar-refractivity contribution is -0.231.